The van der Waals surface area contributed by atoms with E-state index in [0.717, 1.165) is 0 Å². The summed E-state index contributed by atoms with van der Waals surface area (Å²) in [6.45, 7) is 0. The Morgan fingerprint density at radius 3 is 1.92 bits per heavy atom. The normalized spacial score (nSPS) is 47.2. The van der Waals surface area contributed by atoms with Gasteiger partial charge in [0.15, 0.2) is 0 Å². The number of alkyl halides is 2. The summed E-state index contributed by atoms with van der Waals surface area (Å²) in [7, 11) is 0. The van der Waals surface area contributed by atoms with Gasteiger partial charge in [-0.05, 0) is 24.0 Å². The lowest BCUT2D eigenvalue weighted by atomic mass is 9.85. The molecule has 13 heavy (non-hydrogen) atoms. The minimum absolute atomic E-state index is 0.399. The number of allylic oxidation sites excluding steroid dienone is 2. The molecule has 2 fully saturated rings. The lowest BCUT2D eigenvalue weighted by Crippen LogP contribution is -2.21. The van der Waals surface area contributed by atoms with Crippen molar-refractivity contribution in [2.24, 2.45) is 0 Å². The second-order valence-corrected chi connectivity index (χ2v) is 5.94. The monoisotopic (exact) mass is 304 g/mol. The molecule has 4 unspecified atom stereocenters. The number of rotatable bonds is 0. The molecule has 0 aromatic heterocycles. The van der Waals surface area contributed by atoms with E-state index in [4.69, 9.17) is 4.74 Å². The molecule has 0 saturated carbocycles. The van der Waals surface area contributed by atoms with Crippen molar-refractivity contribution in [2.45, 2.75) is 34.7 Å². The average molecular weight is 306 g/mol. The van der Waals surface area contributed by atoms with Crippen LogP contribution in [0.5, 0.6) is 0 Å². The lowest BCUT2D eigenvalue weighted by Gasteiger charge is -2.23. The highest BCUT2D eigenvalue weighted by atomic mass is 79.9. The predicted molar refractivity (Wildman–Crippen MR) is 59.5 cm³/mol. The third-order valence-corrected chi connectivity index (χ3v) is 5.41. The third kappa shape index (κ3) is 1.20. The van der Waals surface area contributed by atoms with Crippen LogP contribution < -0.4 is 0 Å². The van der Waals surface area contributed by atoms with Crippen molar-refractivity contribution in [1.29, 1.82) is 0 Å². The Labute approximate surface area is 94.5 Å². The summed E-state index contributed by atoms with van der Waals surface area (Å²) in [5.41, 5.74) is 2.88. The van der Waals surface area contributed by atoms with Crippen LogP contribution in [0, 0.1) is 0 Å². The van der Waals surface area contributed by atoms with E-state index in [2.05, 4.69) is 44.0 Å². The Hall–Kier alpha value is 0.400. The second-order valence-electron chi connectivity index (χ2n) is 3.82. The fourth-order valence-electron chi connectivity index (χ4n) is 2.40. The zero-order chi connectivity index (χ0) is 9.00. The van der Waals surface area contributed by atoms with Crippen LogP contribution in [0.4, 0.5) is 0 Å². The molecule has 0 N–H and O–H groups in total. The Morgan fingerprint density at radius 2 is 1.46 bits per heavy atom. The molecule has 2 aliphatic heterocycles. The van der Waals surface area contributed by atoms with E-state index in [0.29, 0.717) is 21.9 Å². The minimum Gasteiger partial charge on any atom is -0.366 e. The van der Waals surface area contributed by atoms with Gasteiger partial charge >= 0.3 is 0 Å². The number of hydrogen-bond donors (Lipinski definition) is 0. The van der Waals surface area contributed by atoms with Crippen molar-refractivity contribution in [1.82, 2.24) is 0 Å². The van der Waals surface area contributed by atoms with Crippen LogP contribution in [-0.4, -0.2) is 21.9 Å². The van der Waals surface area contributed by atoms with E-state index < -0.39 is 0 Å². The summed E-state index contributed by atoms with van der Waals surface area (Å²) < 4.78 is 5.84. The van der Waals surface area contributed by atoms with E-state index in [9.17, 15) is 0 Å². The van der Waals surface area contributed by atoms with Crippen molar-refractivity contribution in [3.63, 3.8) is 0 Å². The molecule has 0 spiro atoms. The highest BCUT2D eigenvalue weighted by molar-refractivity contribution is 9.12. The number of fused-ring (bicyclic) bond motifs is 5. The first-order valence-corrected chi connectivity index (χ1v) is 6.46. The minimum atomic E-state index is 0.399. The van der Waals surface area contributed by atoms with Gasteiger partial charge < -0.3 is 4.74 Å². The highest BCUT2D eigenvalue weighted by Crippen LogP contribution is 2.46. The van der Waals surface area contributed by atoms with Gasteiger partial charge in [0.05, 0.1) is 12.2 Å². The quantitative estimate of drug-likeness (QED) is 0.625. The smallest absolute Gasteiger partial charge is 0.0835 e. The topological polar surface area (TPSA) is 9.23 Å². The molecule has 1 nitrogen and oxygen atoms in total. The third-order valence-electron chi connectivity index (χ3n) is 3.03. The summed E-state index contributed by atoms with van der Waals surface area (Å²) in [4.78, 5) is 0.850. The molecule has 0 aromatic rings. The van der Waals surface area contributed by atoms with Crippen LogP contribution in [0.3, 0.4) is 0 Å². The van der Waals surface area contributed by atoms with Crippen LogP contribution in [0.25, 0.3) is 0 Å². The molecule has 2 bridgehead atoms. The van der Waals surface area contributed by atoms with Gasteiger partial charge in [-0.25, -0.2) is 0 Å². The molecule has 0 radical (unpaired) electrons. The molecule has 3 rings (SSSR count). The zero-order valence-electron chi connectivity index (χ0n) is 7.04. The van der Waals surface area contributed by atoms with E-state index in [1.165, 1.54) is 24.0 Å². The maximum atomic E-state index is 5.84. The first-order valence-electron chi connectivity index (χ1n) is 4.63. The molecule has 3 heteroatoms. The predicted octanol–water partition coefficient (Wildman–Crippen LogP) is 2.94. The van der Waals surface area contributed by atoms with Gasteiger partial charge in [0.25, 0.3) is 0 Å². The van der Waals surface area contributed by atoms with Crippen LogP contribution in [0.15, 0.2) is 23.3 Å². The summed E-state index contributed by atoms with van der Waals surface area (Å²) in [5, 5.41) is 0. The SMILES string of the molecule is BrC1C=C2C(=CC1Br)C1CCC2O1. The van der Waals surface area contributed by atoms with Crippen molar-refractivity contribution in [2.75, 3.05) is 0 Å². The molecule has 4 atom stereocenters. The molecule has 3 aliphatic rings. The van der Waals surface area contributed by atoms with Crippen molar-refractivity contribution >= 4 is 31.9 Å². The second kappa shape index (κ2) is 2.94. The van der Waals surface area contributed by atoms with Crippen LogP contribution >= 0.6 is 31.9 Å². The summed E-state index contributed by atoms with van der Waals surface area (Å²) in [6.07, 6.45) is 7.82. The molecule has 1 aliphatic carbocycles. The molecule has 70 valence electrons. The van der Waals surface area contributed by atoms with E-state index in [-0.39, 0.29) is 0 Å². The van der Waals surface area contributed by atoms with E-state index >= 15 is 0 Å². The molecular weight excluding hydrogens is 296 g/mol. The summed E-state index contributed by atoms with van der Waals surface area (Å²) >= 11 is 7.28. The van der Waals surface area contributed by atoms with Gasteiger partial charge in [-0.1, -0.05) is 44.0 Å². The zero-order valence-corrected chi connectivity index (χ0v) is 10.2. The van der Waals surface area contributed by atoms with Crippen molar-refractivity contribution in [3.05, 3.63) is 23.3 Å². The van der Waals surface area contributed by atoms with E-state index in [1.807, 2.05) is 0 Å². The first-order chi connectivity index (χ1) is 6.25. The molecule has 2 saturated heterocycles. The highest BCUT2D eigenvalue weighted by Gasteiger charge is 2.42. The van der Waals surface area contributed by atoms with Crippen molar-refractivity contribution in [3.8, 4) is 0 Å². The summed E-state index contributed by atoms with van der Waals surface area (Å²) in [5.74, 6) is 0. The molecule has 0 amide bonds. The van der Waals surface area contributed by atoms with Gasteiger partial charge in [-0.15, -0.1) is 0 Å². The van der Waals surface area contributed by atoms with Crippen molar-refractivity contribution < 1.29 is 4.74 Å². The lowest BCUT2D eigenvalue weighted by molar-refractivity contribution is 0.123. The first kappa shape index (κ1) is 8.69. The Morgan fingerprint density at radius 1 is 1.00 bits per heavy atom. The van der Waals surface area contributed by atoms with Gasteiger partial charge in [0.2, 0.25) is 0 Å². The maximum Gasteiger partial charge on any atom is 0.0835 e. The van der Waals surface area contributed by atoms with Gasteiger partial charge in [-0.2, -0.15) is 0 Å². The largest absolute Gasteiger partial charge is 0.366 e. The number of ether oxygens (including phenoxy) is 1. The fraction of sp³-hybridized carbons (Fsp3) is 0.600. The molecular formula is C10H10Br2O. The molecule has 0 aromatic carbocycles. The fourth-order valence-corrected chi connectivity index (χ4v) is 3.28. The average Bonchev–Trinajstić information content (AvgIpc) is 2.67. The van der Waals surface area contributed by atoms with Gasteiger partial charge in [0.1, 0.15) is 0 Å². The Balaban J connectivity index is 2.03. The van der Waals surface area contributed by atoms with Crippen LogP contribution in [-0.2, 0) is 4.74 Å². The van der Waals surface area contributed by atoms with Crippen LogP contribution in [0.2, 0.25) is 0 Å². The van der Waals surface area contributed by atoms with Gasteiger partial charge in [-0.3, -0.25) is 0 Å². The maximum absolute atomic E-state index is 5.84. The van der Waals surface area contributed by atoms with E-state index in [1.54, 1.807) is 0 Å². The Kier molecular flexibility index (Phi) is 1.97. The summed E-state index contributed by atoms with van der Waals surface area (Å²) in [6, 6.07) is 0. The molecule has 2 heterocycles. The van der Waals surface area contributed by atoms with Gasteiger partial charge in [0, 0.05) is 9.65 Å². The number of halogens is 2. The number of hydrogen-bond acceptors (Lipinski definition) is 1. The van der Waals surface area contributed by atoms with Crippen LogP contribution in [0.1, 0.15) is 12.8 Å². The Bertz CT molecular complexity index is 278. The standard InChI is InChI=1S/C10H10Br2O/c11-7-3-5-6(4-8(7)12)10-2-1-9(5)13-10/h3-4,7-10H,1-2H2.